The number of ether oxygens (including phenoxy) is 1. The second-order valence-electron chi connectivity index (χ2n) is 6.02. The van der Waals surface area contributed by atoms with Crippen molar-refractivity contribution in [1.82, 2.24) is 0 Å². The van der Waals surface area contributed by atoms with Crippen molar-refractivity contribution in [3.8, 4) is 5.75 Å². The van der Waals surface area contributed by atoms with Crippen molar-refractivity contribution in [3.05, 3.63) is 95.0 Å². The van der Waals surface area contributed by atoms with Crippen LogP contribution >= 0.6 is 11.6 Å². The zero-order valence-electron chi connectivity index (χ0n) is 14.3. The van der Waals surface area contributed by atoms with Gasteiger partial charge in [0, 0.05) is 10.7 Å². The maximum atomic E-state index is 11.4. The van der Waals surface area contributed by atoms with E-state index in [0.717, 1.165) is 28.8 Å². The van der Waals surface area contributed by atoms with Crippen LogP contribution in [0.5, 0.6) is 5.75 Å². The van der Waals surface area contributed by atoms with Gasteiger partial charge in [0.1, 0.15) is 18.6 Å². The Kier molecular flexibility index (Phi) is 6.29. The summed E-state index contributed by atoms with van der Waals surface area (Å²) in [6, 6.07) is 24.9. The Morgan fingerprint density at radius 1 is 0.885 bits per heavy atom. The first-order chi connectivity index (χ1) is 12.7. The SMILES string of the molecule is O=C[C@H](Cc1ccc(OCc2ccccc2)cc1)Nc1ccc(Cl)cc1. The molecule has 0 aliphatic rings. The molecule has 0 unspecified atom stereocenters. The van der Waals surface area contributed by atoms with Gasteiger partial charge in [-0.3, -0.25) is 0 Å². The summed E-state index contributed by atoms with van der Waals surface area (Å²) in [7, 11) is 0. The Hall–Kier alpha value is -2.78. The molecular weight excluding hydrogens is 346 g/mol. The van der Waals surface area contributed by atoms with Crippen LogP contribution in [0.1, 0.15) is 11.1 Å². The third-order valence-electron chi connectivity index (χ3n) is 3.99. The van der Waals surface area contributed by atoms with Gasteiger partial charge in [0.15, 0.2) is 0 Å². The van der Waals surface area contributed by atoms with Crippen molar-refractivity contribution < 1.29 is 9.53 Å². The molecule has 0 spiro atoms. The molecule has 3 nitrogen and oxygen atoms in total. The summed E-state index contributed by atoms with van der Waals surface area (Å²) in [5.41, 5.74) is 3.06. The first kappa shape index (κ1) is 18.0. The molecule has 132 valence electrons. The number of benzene rings is 3. The average molecular weight is 366 g/mol. The Bertz CT molecular complexity index is 817. The first-order valence-corrected chi connectivity index (χ1v) is 8.84. The van der Waals surface area contributed by atoms with Crippen LogP contribution in [0.4, 0.5) is 5.69 Å². The number of carbonyl (C=O) groups excluding carboxylic acids is 1. The van der Waals surface area contributed by atoms with E-state index in [0.29, 0.717) is 18.1 Å². The van der Waals surface area contributed by atoms with Crippen LogP contribution in [0.3, 0.4) is 0 Å². The van der Waals surface area contributed by atoms with E-state index in [2.05, 4.69) is 5.32 Å². The fourth-order valence-electron chi connectivity index (χ4n) is 2.61. The zero-order chi connectivity index (χ0) is 18.2. The van der Waals surface area contributed by atoms with E-state index in [4.69, 9.17) is 16.3 Å². The van der Waals surface area contributed by atoms with Crippen molar-refractivity contribution in [3.63, 3.8) is 0 Å². The molecule has 0 bridgehead atoms. The number of nitrogens with one attached hydrogen (secondary N) is 1. The van der Waals surface area contributed by atoms with Gasteiger partial charge in [0.25, 0.3) is 0 Å². The number of halogens is 1. The van der Waals surface area contributed by atoms with Crippen molar-refractivity contribution in [2.45, 2.75) is 19.1 Å². The van der Waals surface area contributed by atoms with Crippen LogP contribution in [0.2, 0.25) is 5.02 Å². The van der Waals surface area contributed by atoms with Crippen molar-refractivity contribution in [2.75, 3.05) is 5.32 Å². The molecule has 1 N–H and O–H groups in total. The smallest absolute Gasteiger partial charge is 0.142 e. The monoisotopic (exact) mass is 365 g/mol. The predicted octanol–water partition coefficient (Wildman–Crippen LogP) is 5.14. The number of carbonyl (C=O) groups is 1. The molecule has 4 heteroatoms. The Morgan fingerprint density at radius 3 is 2.23 bits per heavy atom. The lowest BCUT2D eigenvalue weighted by Crippen LogP contribution is -2.23. The number of aldehydes is 1. The Morgan fingerprint density at radius 2 is 1.58 bits per heavy atom. The van der Waals surface area contributed by atoms with E-state index in [1.165, 1.54) is 0 Å². The molecule has 0 fully saturated rings. The standard InChI is InChI=1S/C22H20ClNO2/c23-19-8-10-20(11-9-19)24-21(15-25)14-17-6-12-22(13-7-17)26-16-18-4-2-1-3-5-18/h1-13,15,21,24H,14,16H2/t21-/m0/s1. The van der Waals surface area contributed by atoms with Gasteiger partial charge in [0.2, 0.25) is 0 Å². The first-order valence-electron chi connectivity index (χ1n) is 8.46. The third kappa shape index (κ3) is 5.36. The average Bonchev–Trinajstić information content (AvgIpc) is 2.69. The van der Waals surface area contributed by atoms with E-state index in [1.54, 1.807) is 12.1 Å². The van der Waals surface area contributed by atoms with Gasteiger partial charge in [0.05, 0.1) is 6.04 Å². The summed E-state index contributed by atoms with van der Waals surface area (Å²) in [4.78, 5) is 11.4. The lowest BCUT2D eigenvalue weighted by molar-refractivity contribution is -0.108. The molecule has 3 rings (SSSR count). The van der Waals surface area contributed by atoms with Gasteiger partial charge in [-0.15, -0.1) is 0 Å². The third-order valence-corrected chi connectivity index (χ3v) is 4.24. The molecule has 0 aliphatic carbocycles. The minimum Gasteiger partial charge on any atom is -0.489 e. The summed E-state index contributed by atoms with van der Waals surface area (Å²) in [6.07, 6.45) is 1.53. The molecule has 0 radical (unpaired) electrons. The molecule has 1 atom stereocenters. The molecule has 0 saturated carbocycles. The Balaban J connectivity index is 1.55. The maximum absolute atomic E-state index is 11.4. The van der Waals surface area contributed by atoms with Crippen LogP contribution in [-0.4, -0.2) is 12.3 Å². The largest absolute Gasteiger partial charge is 0.489 e. The van der Waals surface area contributed by atoms with Crippen molar-refractivity contribution in [1.29, 1.82) is 0 Å². The lowest BCUT2D eigenvalue weighted by Gasteiger charge is -2.15. The fraction of sp³-hybridized carbons (Fsp3) is 0.136. The van der Waals surface area contributed by atoms with Crippen LogP contribution in [0.25, 0.3) is 0 Å². The molecule has 0 aromatic heterocycles. The molecule has 3 aromatic carbocycles. The van der Waals surface area contributed by atoms with E-state index in [-0.39, 0.29) is 6.04 Å². The van der Waals surface area contributed by atoms with Gasteiger partial charge < -0.3 is 14.8 Å². The van der Waals surface area contributed by atoms with Gasteiger partial charge >= 0.3 is 0 Å². The molecule has 3 aromatic rings. The fourth-order valence-corrected chi connectivity index (χ4v) is 2.74. The molecular formula is C22H20ClNO2. The summed E-state index contributed by atoms with van der Waals surface area (Å²) in [5.74, 6) is 0.811. The van der Waals surface area contributed by atoms with Gasteiger partial charge in [-0.2, -0.15) is 0 Å². The topological polar surface area (TPSA) is 38.3 Å². The highest BCUT2D eigenvalue weighted by Crippen LogP contribution is 2.17. The zero-order valence-corrected chi connectivity index (χ0v) is 15.0. The Labute approximate surface area is 158 Å². The van der Waals surface area contributed by atoms with Crippen LogP contribution in [-0.2, 0) is 17.8 Å². The summed E-state index contributed by atoms with van der Waals surface area (Å²) in [6.45, 7) is 0.537. The summed E-state index contributed by atoms with van der Waals surface area (Å²) >= 11 is 5.88. The number of anilines is 1. The normalized spacial score (nSPS) is 11.6. The van der Waals surface area contributed by atoms with Crippen molar-refractivity contribution >= 4 is 23.6 Å². The summed E-state index contributed by atoms with van der Waals surface area (Å²) in [5, 5.41) is 3.88. The second-order valence-corrected chi connectivity index (χ2v) is 6.45. The minimum absolute atomic E-state index is 0.299. The van der Waals surface area contributed by atoms with E-state index >= 15 is 0 Å². The highest BCUT2D eigenvalue weighted by molar-refractivity contribution is 6.30. The highest BCUT2D eigenvalue weighted by Gasteiger charge is 2.09. The molecule has 0 amide bonds. The van der Waals surface area contributed by atoms with Gasteiger partial charge in [-0.1, -0.05) is 54.1 Å². The quantitative estimate of drug-likeness (QED) is 0.561. The lowest BCUT2D eigenvalue weighted by atomic mass is 10.1. The molecule has 26 heavy (non-hydrogen) atoms. The van der Waals surface area contributed by atoms with Gasteiger partial charge in [-0.05, 0) is 53.9 Å². The van der Waals surface area contributed by atoms with Crippen molar-refractivity contribution in [2.24, 2.45) is 0 Å². The molecule has 0 saturated heterocycles. The summed E-state index contributed by atoms with van der Waals surface area (Å²) < 4.78 is 5.79. The highest BCUT2D eigenvalue weighted by atomic mass is 35.5. The number of hydrogen-bond donors (Lipinski definition) is 1. The van der Waals surface area contributed by atoms with Crippen LogP contribution in [0, 0.1) is 0 Å². The van der Waals surface area contributed by atoms with E-state index in [1.807, 2.05) is 66.7 Å². The predicted molar refractivity (Wildman–Crippen MR) is 106 cm³/mol. The number of hydrogen-bond acceptors (Lipinski definition) is 3. The molecule has 0 aliphatic heterocycles. The van der Waals surface area contributed by atoms with E-state index in [9.17, 15) is 4.79 Å². The maximum Gasteiger partial charge on any atom is 0.142 e. The van der Waals surface area contributed by atoms with Crippen LogP contribution in [0.15, 0.2) is 78.9 Å². The van der Waals surface area contributed by atoms with Crippen LogP contribution < -0.4 is 10.1 Å². The molecule has 0 heterocycles. The number of rotatable bonds is 8. The minimum atomic E-state index is -0.299. The second kappa shape index (κ2) is 9.07. The van der Waals surface area contributed by atoms with E-state index < -0.39 is 0 Å². The van der Waals surface area contributed by atoms with Gasteiger partial charge in [-0.25, -0.2) is 0 Å².